The second-order valence-electron chi connectivity index (χ2n) is 5.29. The molecule has 21 heavy (non-hydrogen) atoms. The second-order valence-corrected chi connectivity index (χ2v) is 5.65. The van der Waals surface area contributed by atoms with Gasteiger partial charge in [-0.2, -0.15) is 5.10 Å². The standard InChI is InChI=1S/C16H21ClN2O2/c1-11-5-4-6-14(9-11)21-8-7-13(20)10-15-12(2)18-19(3)16(15)17/h4-6,9,13,20H,7-8,10H2,1-3H3. The van der Waals surface area contributed by atoms with Crippen LogP contribution in [0.5, 0.6) is 5.75 Å². The molecule has 1 aromatic heterocycles. The molecular formula is C16H21ClN2O2. The molecular weight excluding hydrogens is 288 g/mol. The lowest BCUT2D eigenvalue weighted by molar-refractivity contribution is 0.139. The minimum atomic E-state index is -0.491. The maximum Gasteiger partial charge on any atom is 0.130 e. The van der Waals surface area contributed by atoms with Crippen LogP contribution in [0.4, 0.5) is 0 Å². The molecule has 1 atom stereocenters. The minimum Gasteiger partial charge on any atom is -0.493 e. The van der Waals surface area contributed by atoms with Crippen molar-refractivity contribution in [2.24, 2.45) is 7.05 Å². The van der Waals surface area contributed by atoms with E-state index in [-0.39, 0.29) is 0 Å². The number of benzene rings is 1. The van der Waals surface area contributed by atoms with Crippen LogP contribution < -0.4 is 4.74 Å². The number of aliphatic hydroxyl groups excluding tert-OH is 1. The maximum atomic E-state index is 10.1. The van der Waals surface area contributed by atoms with Crippen LogP contribution in [-0.4, -0.2) is 27.6 Å². The number of ether oxygens (including phenoxy) is 1. The van der Waals surface area contributed by atoms with Gasteiger partial charge in [0.15, 0.2) is 0 Å². The molecule has 114 valence electrons. The number of hydrogen-bond donors (Lipinski definition) is 1. The molecule has 0 bridgehead atoms. The topological polar surface area (TPSA) is 47.3 Å². The van der Waals surface area contributed by atoms with Gasteiger partial charge < -0.3 is 9.84 Å². The lowest BCUT2D eigenvalue weighted by Gasteiger charge is -2.12. The third-order valence-electron chi connectivity index (χ3n) is 3.42. The number of aryl methyl sites for hydroxylation is 3. The molecule has 0 fully saturated rings. The SMILES string of the molecule is Cc1cccc(OCCC(O)Cc2c(C)nn(C)c2Cl)c1. The summed E-state index contributed by atoms with van der Waals surface area (Å²) in [5.74, 6) is 0.831. The van der Waals surface area contributed by atoms with Crippen LogP contribution in [0.15, 0.2) is 24.3 Å². The Morgan fingerprint density at radius 3 is 2.76 bits per heavy atom. The summed E-state index contributed by atoms with van der Waals surface area (Å²) in [5.41, 5.74) is 2.93. The van der Waals surface area contributed by atoms with Crippen LogP contribution in [0.1, 0.15) is 23.2 Å². The van der Waals surface area contributed by atoms with Crippen molar-refractivity contribution < 1.29 is 9.84 Å². The number of aromatic nitrogens is 2. The molecule has 0 amide bonds. The summed E-state index contributed by atoms with van der Waals surface area (Å²) in [4.78, 5) is 0. The molecule has 2 rings (SSSR count). The first kappa shape index (κ1) is 15.9. The molecule has 1 N–H and O–H groups in total. The van der Waals surface area contributed by atoms with Gasteiger partial charge in [-0.05, 0) is 31.5 Å². The lowest BCUT2D eigenvalue weighted by atomic mass is 10.1. The maximum absolute atomic E-state index is 10.1. The fourth-order valence-corrected chi connectivity index (χ4v) is 2.51. The van der Waals surface area contributed by atoms with Gasteiger partial charge in [0.1, 0.15) is 10.9 Å². The quantitative estimate of drug-likeness (QED) is 0.892. The van der Waals surface area contributed by atoms with Crippen molar-refractivity contribution in [1.29, 1.82) is 0 Å². The summed E-state index contributed by atoms with van der Waals surface area (Å²) >= 11 is 6.16. The predicted molar refractivity (Wildman–Crippen MR) is 84.0 cm³/mol. The fourth-order valence-electron chi connectivity index (χ4n) is 2.26. The van der Waals surface area contributed by atoms with Crippen molar-refractivity contribution in [3.8, 4) is 5.75 Å². The highest BCUT2D eigenvalue weighted by Crippen LogP contribution is 2.21. The summed E-state index contributed by atoms with van der Waals surface area (Å²) in [6.45, 7) is 4.40. The molecule has 0 aliphatic rings. The van der Waals surface area contributed by atoms with Gasteiger partial charge in [-0.3, -0.25) is 4.68 Å². The highest BCUT2D eigenvalue weighted by atomic mass is 35.5. The number of hydrogen-bond acceptors (Lipinski definition) is 3. The van der Waals surface area contributed by atoms with Crippen LogP contribution >= 0.6 is 11.6 Å². The third kappa shape index (κ3) is 4.22. The van der Waals surface area contributed by atoms with Crippen LogP contribution in [-0.2, 0) is 13.5 Å². The molecule has 0 spiro atoms. The van der Waals surface area contributed by atoms with Gasteiger partial charge in [-0.1, -0.05) is 23.7 Å². The molecule has 1 aromatic carbocycles. The van der Waals surface area contributed by atoms with E-state index in [0.29, 0.717) is 24.6 Å². The third-order valence-corrected chi connectivity index (χ3v) is 3.89. The van der Waals surface area contributed by atoms with Gasteiger partial charge in [-0.15, -0.1) is 0 Å². The van der Waals surface area contributed by atoms with Crippen molar-refractivity contribution in [2.75, 3.05) is 6.61 Å². The van der Waals surface area contributed by atoms with Crippen molar-refractivity contribution in [3.63, 3.8) is 0 Å². The number of rotatable bonds is 6. The summed E-state index contributed by atoms with van der Waals surface area (Å²) < 4.78 is 7.27. The van der Waals surface area contributed by atoms with Crippen LogP contribution in [0.3, 0.4) is 0 Å². The number of halogens is 1. The molecule has 0 radical (unpaired) electrons. The fraction of sp³-hybridized carbons (Fsp3) is 0.438. The molecule has 4 nitrogen and oxygen atoms in total. The van der Waals surface area contributed by atoms with Crippen molar-refractivity contribution in [1.82, 2.24) is 9.78 Å². The van der Waals surface area contributed by atoms with E-state index in [9.17, 15) is 5.11 Å². The lowest BCUT2D eigenvalue weighted by Crippen LogP contribution is -2.15. The summed E-state index contributed by atoms with van der Waals surface area (Å²) in [6.07, 6.45) is 0.559. The first-order valence-corrected chi connectivity index (χ1v) is 7.40. The smallest absolute Gasteiger partial charge is 0.130 e. The Morgan fingerprint density at radius 1 is 1.38 bits per heavy atom. The Kier molecular flexibility index (Phi) is 5.26. The van der Waals surface area contributed by atoms with Crippen LogP contribution in [0.25, 0.3) is 0 Å². The Labute approximate surface area is 130 Å². The highest BCUT2D eigenvalue weighted by molar-refractivity contribution is 6.30. The Hall–Kier alpha value is -1.52. The van der Waals surface area contributed by atoms with Crippen molar-refractivity contribution >= 4 is 11.6 Å². The van der Waals surface area contributed by atoms with E-state index in [2.05, 4.69) is 5.10 Å². The molecule has 1 heterocycles. The van der Waals surface area contributed by atoms with E-state index in [1.165, 1.54) is 0 Å². The summed E-state index contributed by atoms with van der Waals surface area (Å²) in [6, 6.07) is 7.88. The monoisotopic (exact) mass is 308 g/mol. The molecule has 0 saturated carbocycles. The van der Waals surface area contributed by atoms with E-state index < -0.39 is 6.10 Å². The van der Waals surface area contributed by atoms with E-state index in [1.54, 1.807) is 11.7 Å². The van der Waals surface area contributed by atoms with E-state index in [1.807, 2.05) is 38.1 Å². The Balaban J connectivity index is 1.83. The average molecular weight is 309 g/mol. The van der Waals surface area contributed by atoms with Gasteiger partial charge in [0.2, 0.25) is 0 Å². The van der Waals surface area contributed by atoms with Crippen LogP contribution in [0.2, 0.25) is 5.15 Å². The molecule has 2 aromatic rings. The largest absolute Gasteiger partial charge is 0.493 e. The van der Waals surface area contributed by atoms with Crippen LogP contribution in [0, 0.1) is 13.8 Å². The van der Waals surface area contributed by atoms with Gasteiger partial charge in [0, 0.05) is 25.5 Å². The zero-order valence-electron chi connectivity index (χ0n) is 12.6. The van der Waals surface area contributed by atoms with Gasteiger partial charge >= 0.3 is 0 Å². The minimum absolute atomic E-state index is 0.474. The molecule has 0 aliphatic carbocycles. The molecule has 0 aliphatic heterocycles. The van der Waals surface area contributed by atoms with E-state index in [4.69, 9.17) is 16.3 Å². The highest BCUT2D eigenvalue weighted by Gasteiger charge is 2.15. The Bertz CT molecular complexity index is 610. The first-order chi connectivity index (χ1) is 9.97. The number of nitrogens with zero attached hydrogens (tertiary/aromatic N) is 2. The van der Waals surface area contributed by atoms with Gasteiger partial charge in [0.05, 0.1) is 18.4 Å². The van der Waals surface area contributed by atoms with Gasteiger partial charge in [-0.25, -0.2) is 0 Å². The summed E-state index contributed by atoms with van der Waals surface area (Å²) in [5, 5.41) is 15.0. The predicted octanol–water partition coefficient (Wildman–Crippen LogP) is 3.06. The van der Waals surface area contributed by atoms with Crippen molar-refractivity contribution in [3.05, 3.63) is 46.2 Å². The van der Waals surface area contributed by atoms with E-state index >= 15 is 0 Å². The van der Waals surface area contributed by atoms with Crippen molar-refractivity contribution in [2.45, 2.75) is 32.8 Å². The average Bonchev–Trinajstić information content (AvgIpc) is 2.65. The normalized spacial score (nSPS) is 12.4. The number of aliphatic hydroxyl groups is 1. The van der Waals surface area contributed by atoms with Gasteiger partial charge in [0.25, 0.3) is 0 Å². The molecule has 1 unspecified atom stereocenters. The summed E-state index contributed by atoms with van der Waals surface area (Å²) in [7, 11) is 1.80. The Morgan fingerprint density at radius 2 is 2.14 bits per heavy atom. The zero-order valence-corrected chi connectivity index (χ0v) is 13.4. The van der Waals surface area contributed by atoms with E-state index in [0.717, 1.165) is 22.6 Å². The zero-order chi connectivity index (χ0) is 15.4. The first-order valence-electron chi connectivity index (χ1n) is 7.03. The molecule has 5 heteroatoms. The molecule has 0 saturated heterocycles. The second kappa shape index (κ2) is 6.96.